The maximum Gasteiger partial charge on any atom is 0.326 e. The summed E-state index contributed by atoms with van der Waals surface area (Å²) < 4.78 is 6.14. The number of hydrogen-bond donors (Lipinski definition) is 3. The summed E-state index contributed by atoms with van der Waals surface area (Å²) in [5.41, 5.74) is 2.66. The molecule has 0 atom stereocenters. The van der Waals surface area contributed by atoms with E-state index in [-0.39, 0.29) is 18.2 Å². The first-order chi connectivity index (χ1) is 12.9. The van der Waals surface area contributed by atoms with Crippen LogP contribution in [0.2, 0.25) is 0 Å². The van der Waals surface area contributed by atoms with Crippen LogP contribution in [0.15, 0.2) is 52.6 Å². The van der Waals surface area contributed by atoms with Crippen LogP contribution < -0.4 is 20.7 Å². The Morgan fingerprint density at radius 1 is 1.15 bits per heavy atom. The van der Waals surface area contributed by atoms with Crippen LogP contribution in [0.5, 0.6) is 5.75 Å². The van der Waals surface area contributed by atoms with Crippen LogP contribution >= 0.6 is 15.9 Å². The van der Waals surface area contributed by atoms with Crippen molar-refractivity contribution >= 4 is 45.5 Å². The number of carbonyl (C=O) groups excluding carboxylic acids is 3. The van der Waals surface area contributed by atoms with Crippen molar-refractivity contribution in [2.24, 2.45) is 0 Å². The number of halogens is 1. The normalized spacial score (nSPS) is 14.7. The van der Waals surface area contributed by atoms with Crippen molar-refractivity contribution in [3.8, 4) is 5.75 Å². The Balaban J connectivity index is 1.60. The second-order valence-corrected chi connectivity index (χ2v) is 6.71. The molecule has 2 aromatic rings. The Morgan fingerprint density at radius 3 is 2.52 bits per heavy atom. The molecule has 27 heavy (non-hydrogen) atoms. The third kappa shape index (κ3) is 4.95. The number of rotatable bonds is 5. The maximum absolute atomic E-state index is 12.0. The molecule has 1 aliphatic heterocycles. The van der Waals surface area contributed by atoms with Gasteiger partial charge in [0.15, 0.2) is 6.61 Å². The third-order valence-corrected chi connectivity index (χ3v) is 4.30. The van der Waals surface area contributed by atoms with Crippen LogP contribution in [0.25, 0.3) is 6.08 Å². The Bertz CT molecular complexity index is 938. The first-order valence-electron chi connectivity index (χ1n) is 8.03. The van der Waals surface area contributed by atoms with Crippen LogP contribution in [0, 0.1) is 6.92 Å². The molecule has 0 aliphatic carbocycles. The fourth-order valence-corrected chi connectivity index (χ4v) is 2.86. The SMILES string of the molecule is Cc1ccc(NC(=O)COc2ccc(/C=C3/NC(=O)NC3=O)cc2Br)cc1. The lowest BCUT2D eigenvalue weighted by molar-refractivity contribution is -0.118. The van der Waals surface area contributed by atoms with Gasteiger partial charge in [0.05, 0.1) is 4.47 Å². The van der Waals surface area contributed by atoms with E-state index in [0.717, 1.165) is 5.56 Å². The highest BCUT2D eigenvalue weighted by atomic mass is 79.9. The van der Waals surface area contributed by atoms with Gasteiger partial charge in [-0.2, -0.15) is 0 Å². The zero-order valence-corrected chi connectivity index (χ0v) is 15.9. The topological polar surface area (TPSA) is 96.5 Å². The molecule has 1 aliphatic rings. The number of nitrogens with one attached hydrogen (secondary N) is 3. The van der Waals surface area contributed by atoms with Gasteiger partial charge in [-0.25, -0.2) is 4.79 Å². The first-order valence-corrected chi connectivity index (χ1v) is 8.83. The molecule has 0 saturated carbocycles. The highest BCUT2D eigenvalue weighted by Crippen LogP contribution is 2.27. The molecule has 0 aromatic heterocycles. The minimum Gasteiger partial charge on any atom is -0.483 e. The number of amides is 4. The summed E-state index contributed by atoms with van der Waals surface area (Å²) in [6.45, 7) is 1.82. The molecule has 0 spiro atoms. The standard InChI is InChI=1S/C19H16BrN3O4/c1-11-2-5-13(6-3-11)21-17(24)10-27-16-7-4-12(8-14(16)20)9-15-18(25)23-19(26)22-15/h2-9H,10H2,1H3,(H,21,24)(H2,22,23,25,26)/b15-9+. The van der Waals surface area contributed by atoms with Crippen molar-refractivity contribution in [2.45, 2.75) is 6.92 Å². The van der Waals surface area contributed by atoms with Gasteiger partial charge in [0.2, 0.25) is 0 Å². The largest absolute Gasteiger partial charge is 0.483 e. The van der Waals surface area contributed by atoms with Gasteiger partial charge in [-0.05, 0) is 58.8 Å². The minimum absolute atomic E-state index is 0.147. The van der Waals surface area contributed by atoms with Crippen LogP contribution in [-0.4, -0.2) is 24.5 Å². The van der Waals surface area contributed by atoms with Crippen molar-refractivity contribution in [2.75, 3.05) is 11.9 Å². The predicted molar refractivity (Wildman–Crippen MR) is 104 cm³/mol. The lowest BCUT2D eigenvalue weighted by atomic mass is 10.2. The van der Waals surface area contributed by atoms with Gasteiger partial charge in [-0.3, -0.25) is 14.9 Å². The number of aryl methyl sites for hydroxylation is 1. The molecule has 0 radical (unpaired) electrons. The lowest BCUT2D eigenvalue weighted by Crippen LogP contribution is -2.22. The second-order valence-electron chi connectivity index (χ2n) is 5.86. The van der Waals surface area contributed by atoms with Crippen molar-refractivity contribution in [1.29, 1.82) is 0 Å². The molecule has 0 unspecified atom stereocenters. The van der Waals surface area contributed by atoms with E-state index >= 15 is 0 Å². The Hall–Kier alpha value is -3.13. The zero-order chi connectivity index (χ0) is 19.4. The number of benzene rings is 2. The van der Waals surface area contributed by atoms with Gasteiger partial charge in [-0.15, -0.1) is 0 Å². The third-order valence-electron chi connectivity index (χ3n) is 3.68. The minimum atomic E-state index is -0.551. The van der Waals surface area contributed by atoms with Crippen molar-refractivity contribution in [3.63, 3.8) is 0 Å². The van der Waals surface area contributed by atoms with Crippen molar-refractivity contribution in [1.82, 2.24) is 10.6 Å². The van der Waals surface area contributed by atoms with Crippen LogP contribution in [0.1, 0.15) is 11.1 Å². The maximum atomic E-state index is 12.0. The first kappa shape index (κ1) is 18.7. The van der Waals surface area contributed by atoms with Crippen molar-refractivity contribution < 1.29 is 19.1 Å². The summed E-state index contributed by atoms with van der Waals surface area (Å²) in [6, 6.07) is 12.0. The van der Waals surface area contributed by atoms with Gasteiger partial charge in [0.25, 0.3) is 11.8 Å². The number of carbonyl (C=O) groups is 3. The van der Waals surface area contributed by atoms with E-state index in [1.165, 1.54) is 0 Å². The Labute approximate surface area is 163 Å². The van der Waals surface area contributed by atoms with Crippen molar-refractivity contribution in [3.05, 3.63) is 63.8 Å². The number of hydrogen-bond acceptors (Lipinski definition) is 4. The number of imide groups is 1. The van der Waals surface area contributed by atoms with Crippen LogP contribution in [-0.2, 0) is 9.59 Å². The molecular formula is C19H16BrN3O4. The fraction of sp³-hybridized carbons (Fsp3) is 0.105. The van der Waals surface area contributed by atoms with Crippen LogP contribution in [0.3, 0.4) is 0 Å². The molecule has 1 fully saturated rings. The molecule has 1 saturated heterocycles. The molecule has 2 aromatic carbocycles. The van der Waals surface area contributed by atoms with E-state index in [4.69, 9.17) is 4.74 Å². The highest BCUT2D eigenvalue weighted by molar-refractivity contribution is 9.10. The average Bonchev–Trinajstić information content (AvgIpc) is 2.93. The van der Waals surface area contributed by atoms with E-state index in [1.54, 1.807) is 24.3 Å². The molecule has 3 rings (SSSR count). The molecule has 8 heteroatoms. The molecule has 3 N–H and O–H groups in total. The lowest BCUT2D eigenvalue weighted by Gasteiger charge is -2.10. The predicted octanol–water partition coefficient (Wildman–Crippen LogP) is 2.96. The molecule has 4 amide bonds. The summed E-state index contributed by atoms with van der Waals surface area (Å²) in [5, 5.41) is 7.30. The van der Waals surface area contributed by atoms with Gasteiger partial charge < -0.3 is 15.4 Å². The molecule has 7 nitrogen and oxygen atoms in total. The monoisotopic (exact) mass is 429 g/mol. The average molecular weight is 430 g/mol. The Morgan fingerprint density at radius 2 is 1.89 bits per heavy atom. The van der Waals surface area contributed by atoms with E-state index in [1.807, 2.05) is 31.2 Å². The summed E-state index contributed by atoms with van der Waals surface area (Å²) in [4.78, 5) is 34.7. The van der Waals surface area contributed by atoms with Gasteiger partial charge in [-0.1, -0.05) is 23.8 Å². The van der Waals surface area contributed by atoms with E-state index in [0.29, 0.717) is 21.5 Å². The molecule has 138 valence electrons. The Kier molecular flexibility index (Phi) is 5.56. The zero-order valence-electron chi connectivity index (χ0n) is 14.3. The number of anilines is 1. The smallest absolute Gasteiger partial charge is 0.326 e. The van der Waals surface area contributed by atoms with E-state index in [2.05, 4.69) is 31.9 Å². The van der Waals surface area contributed by atoms with Gasteiger partial charge in [0.1, 0.15) is 11.4 Å². The van der Waals surface area contributed by atoms with E-state index in [9.17, 15) is 14.4 Å². The summed E-state index contributed by atoms with van der Waals surface area (Å²) in [7, 11) is 0. The fourth-order valence-electron chi connectivity index (χ4n) is 2.35. The number of urea groups is 1. The summed E-state index contributed by atoms with van der Waals surface area (Å²) in [5.74, 6) is -0.275. The highest BCUT2D eigenvalue weighted by Gasteiger charge is 2.22. The van der Waals surface area contributed by atoms with Crippen LogP contribution in [0.4, 0.5) is 10.5 Å². The quantitative estimate of drug-likeness (QED) is 0.502. The van der Waals surface area contributed by atoms with Gasteiger partial charge in [0, 0.05) is 5.69 Å². The van der Waals surface area contributed by atoms with E-state index < -0.39 is 11.9 Å². The van der Waals surface area contributed by atoms with Gasteiger partial charge >= 0.3 is 6.03 Å². The molecule has 0 bridgehead atoms. The summed E-state index contributed by atoms with van der Waals surface area (Å²) in [6.07, 6.45) is 1.54. The molecular weight excluding hydrogens is 414 g/mol. The number of ether oxygens (including phenoxy) is 1. The summed E-state index contributed by atoms with van der Waals surface area (Å²) >= 11 is 3.37. The molecule has 1 heterocycles. The second kappa shape index (κ2) is 8.05.